The minimum atomic E-state index is -1.21. The van der Waals surface area contributed by atoms with Crippen LogP contribution < -0.4 is 5.32 Å². The van der Waals surface area contributed by atoms with Crippen LogP contribution in [0.3, 0.4) is 0 Å². The lowest BCUT2D eigenvalue weighted by molar-refractivity contribution is -0.150. The number of benzene rings is 1. The normalized spacial score (nSPS) is 12.1. The van der Waals surface area contributed by atoms with E-state index in [0.29, 0.717) is 0 Å². The van der Waals surface area contributed by atoms with Gasteiger partial charge in [0.1, 0.15) is 5.82 Å². The second kappa shape index (κ2) is 5.40. The van der Waals surface area contributed by atoms with Crippen molar-refractivity contribution in [3.8, 4) is 0 Å². The Balaban J connectivity index is 3.07. The molecule has 0 bridgehead atoms. The third-order valence-electron chi connectivity index (χ3n) is 3.72. The summed E-state index contributed by atoms with van der Waals surface area (Å²) in [5, 5.41) is 11.5. The van der Waals surface area contributed by atoms with Gasteiger partial charge in [-0.2, -0.15) is 0 Å². The topological polar surface area (TPSA) is 66.4 Å². The van der Waals surface area contributed by atoms with E-state index in [1.54, 1.807) is 13.8 Å². The van der Waals surface area contributed by atoms with Crippen molar-refractivity contribution in [1.82, 2.24) is 5.32 Å². The third kappa shape index (κ3) is 2.93. The van der Waals surface area contributed by atoms with Crippen LogP contribution in [0.2, 0.25) is 5.02 Å². The van der Waals surface area contributed by atoms with Crippen molar-refractivity contribution in [2.24, 2.45) is 5.41 Å². The van der Waals surface area contributed by atoms with E-state index in [2.05, 4.69) is 5.32 Å². The first-order valence-corrected chi connectivity index (χ1v) is 6.38. The molecule has 0 aliphatic carbocycles. The Labute approximate surface area is 121 Å². The lowest BCUT2D eigenvalue weighted by Crippen LogP contribution is -2.57. The van der Waals surface area contributed by atoms with Crippen LogP contribution in [0.15, 0.2) is 18.2 Å². The average molecular weight is 302 g/mol. The summed E-state index contributed by atoms with van der Waals surface area (Å²) < 4.78 is 13.3. The first-order valence-electron chi connectivity index (χ1n) is 6.00. The number of carboxylic acid groups (broad SMARTS) is 1. The van der Waals surface area contributed by atoms with Crippen molar-refractivity contribution in [1.29, 1.82) is 0 Å². The van der Waals surface area contributed by atoms with Gasteiger partial charge in [0.25, 0.3) is 5.91 Å². The fourth-order valence-corrected chi connectivity index (χ4v) is 1.67. The second-order valence-electron chi connectivity index (χ2n) is 5.61. The SMILES string of the molecule is CC(C)(NC(=O)c1cccc(F)c1Cl)C(C)(C)C(=O)O. The minimum absolute atomic E-state index is 0.0269. The van der Waals surface area contributed by atoms with Gasteiger partial charge >= 0.3 is 5.97 Å². The maximum atomic E-state index is 13.3. The molecule has 1 aromatic rings. The van der Waals surface area contributed by atoms with Gasteiger partial charge in [-0.3, -0.25) is 9.59 Å². The van der Waals surface area contributed by atoms with Crippen molar-refractivity contribution >= 4 is 23.5 Å². The highest BCUT2D eigenvalue weighted by Crippen LogP contribution is 2.31. The molecule has 6 heteroatoms. The van der Waals surface area contributed by atoms with Gasteiger partial charge in [-0.15, -0.1) is 0 Å². The lowest BCUT2D eigenvalue weighted by Gasteiger charge is -2.38. The van der Waals surface area contributed by atoms with Crippen molar-refractivity contribution in [2.75, 3.05) is 0 Å². The van der Waals surface area contributed by atoms with Gasteiger partial charge in [-0.25, -0.2) is 4.39 Å². The molecule has 0 fully saturated rings. The molecule has 0 aliphatic heterocycles. The zero-order valence-electron chi connectivity index (χ0n) is 11.8. The Hall–Kier alpha value is -1.62. The predicted octanol–water partition coefficient (Wildman–Crippen LogP) is 3.10. The van der Waals surface area contributed by atoms with Gasteiger partial charge in [0.2, 0.25) is 0 Å². The van der Waals surface area contributed by atoms with Gasteiger partial charge in [-0.05, 0) is 39.8 Å². The van der Waals surface area contributed by atoms with Crippen molar-refractivity contribution < 1.29 is 19.1 Å². The van der Waals surface area contributed by atoms with Crippen LogP contribution in [0.4, 0.5) is 4.39 Å². The predicted molar refractivity (Wildman–Crippen MR) is 74.4 cm³/mol. The number of hydrogen-bond donors (Lipinski definition) is 2. The fourth-order valence-electron chi connectivity index (χ4n) is 1.45. The first-order chi connectivity index (χ1) is 9.00. The molecule has 0 aromatic heterocycles. The number of hydrogen-bond acceptors (Lipinski definition) is 2. The monoisotopic (exact) mass is 301 g/mol. The summed E-state index contributed by atoms with van der Waals surface area (Å²) in [7, 11) is 0. The molecule has 0 saturated heterocycles. The van der Waals surface area contributed by atoms with E-state index in [9.17, 15) is 19.1 Å². The second-order valence-corrected chi connectivity index (χ2v) is 5.99. The van der Waals surface area contributed by atoms with Crippen LogP contribution in [0.25, 0.3) is 0 Å². The smallest absolute Gasteiger partial charge is 0.311 e. The van der Waals surface area contributed by atoms with E-state index in [1.807, 2.05) is 0 Å². The quantitative estimate of drug-likeness (QED) is 0.898. The number of halogens is 2. The largest absolute Gasteiger partial charge is 0.481 e. The molecule has 2 N–H and O–H groups in total. The lowest BCUT2D eigenvalue weighted by atomic mass is 9.74. The summed E-state index contributed by atoms with van der Waals surface area (Å²) in [6, 6.07) is 3.89. The van der Waals surface area contributed by atoms with Gasteiger partial charge in [0, 0.05) is 0 Å². The molecule has 4 nitrogen and oxygen atoms in total. The first kappa shape index (κ1) is 16.4. The summed E-state index contributed by atoms with van der Waals surface area (Å²) in [6.45, 7) is 6.18. The Bertz CT molecular complexity index is 555. The molecule has 0 heterocycles. The summed E-state index contributed by atoms with van der Waals surface area (Å²) in [4.78, 5) is 23.4. The van der Waals surface area contributed by atoms with E-state index < -0.39 is 28.6 Å². The van der Waals surface area contributed by atoms with Gasteiger partial charge in [0.05, 0.1) is 21.5 Å². The molecule has 0 saturated carbocycles. The van der Waals surface area contributed by atoms with E-state index in [-0.39, 0.29) is 10.6 Å². The minimum Gasteiger partial charge on any atom is -0.481 e. The van der Waals surface area contributed by atoms with Crippen LogP contribution in [-0.4, -0.2) is 22.5 Å². The average Bonchev–Trinajstić information content (AvgIpc) is 2.31. The number of amides is 1. The number of nitrogens with one attached hydrogen (secondary N) is 1. The number of carboxylic acids is 1. The molecule has 20 heavy (non-hydrogen) atoms. The summed E-state index contributed by atoms with van der Waals surface area (Å²) in [5.41, 5.74) is -2.28. The van der Waals surface area contributed by atoms with Gasteiger partial charge in [0.15, 0.2) is 0 Å². The Morgan fingerprint density at radius 1 is 1.25 bits per heavy atom. The number of carbonyl (C=O) groups excluding carboxylic acids is 1. The highest BCUT2D eigenvalue weighted by atomic mass is 35.5. The standard InChI is InChI=1S/C14H17ClFNO3/c1-13(2,12(19)20)14(3,4)17-11(18)8-6-5-7-9(16)10(8)15/h5-7H,1-4H3,(H,17,18)(H,19,20). The molecule has 0 atom stereocenters. The van der Waals surface area contributed by atoms with Crippen LogP contribution >= 0.6 is 11.6 Å². The maximum Gasteiger partial charge on any atom is 0.311 e. The highest BCUT2D eigenvalue weighted by molar-refractivity contribution is 6.34. The molecule has 1 rings (SSSR count). The van der Waals surface area contributed by atoms with E-state index in [1.165, 1.54) is 26.0 Å². The van der Waals surface area contributed by atoms with Crippen LogP contribution in [0, 0.1) is 11.2 Å². The number of aliphatic carboxylic acids is 1. The number of rotatable bonds is 4. The zero-order valence-corrected chi connectivity index (χ0v) is 12.5. The molecule has 110 valence electrons. The Morgan fingerprint density at radius 3 is 2.30 bits per heavy atom. The van der Waals surface area contributed by atoms with Crippen LogP contribution in [0.5, 0.6) is 0 Å². The highest BCUT2D eigenvalue weighted by Gasteiger charge is 2.44. The van der Waals surface area contributed by atoms with E-state index >= 15 is 0 Å². The summed E-state index contributed by atoms with van der Waals surface area (Å²) in [5.74, 6) is -2.36. The molecular weight excluding hydrogens is 285 g/mol. The zero-order chi connectivity index (χ0) is 15.7. The van der Waals surface area contributed by atoms with Crippen molar-refractivity contribution in [3.63, 3.8) is 0 Å². The summed E-state index contributed by atoms with van der Waals surface area (Å²) in [6.07, 6.45) is 0. The molecule has 0 aliphatic rings. The van der Waals surface area contributed by atoms with Crippen LogP contribution in [0.1, 0.15) is 38.1 Å². The number of carbonyl (C=O) groups is 2. The molecule has 0 radical (unpaired) electrons. The molecule has 0 spiro atoms. The van der Waals surface area contributed by atoms with E-state index in [0.717, 1.165) is 6.07 Å². The van der Waals surface area contributed by atoms with Gasteiger partial charge < -0.3 is 10.4 Å². The van der Waals surface area contributed by atoms with E-state index in [4.69, 9.17) is 11.6 Å². The molecule has 0 unspecified atom stereocenters. The van der Waals surface area contributed by atoms with Gasteiger partial charge in [-0.1, -0.05) is 17.7 Å². The maximum absolute atomic E-state index is 13.3. The van der Waals surface area contributed by atoms with Crippen molar-refractivity contribution in [2.45, 2.75) is 33.2 Å². The summed E-state index contributed by atoms with van der Waals surface area (Å²) >= 11 is 5.74. The van der Waals surface area contributed by atoms with Crippen molar-refractivity contribution in [3.05, 3.63) is 34.6 Å². The molecule has 1 amide bonds. The third-order valence-corrected chi connectivity index (χ3v) is 4.10. The Morgan fingerprint density at radius 2 is 1.80 bits per heavy atom. The fraction of sp³-hybridized carbons (Fsp3) is 0.429. The Kier molecular flexibility index (Phi) is 4.44. The molecule has 1 aromatic carbocycles. The molecular formula is C14H17ClFNO3. The van der Waals surface area contributed by atoms with Crippen LogP contribution in [-0.2, 0) is 4.79 Å².